The minimum Gasteiger partial charge on any atom is -0.382 e. The van der Waals surface area contributed by atoms with Crippen LogP contribution >= 0.6 is 0 Å². The van der Waals surface area contributed by atoms with Gasteiger partial charge in [-0.15, -0.1) is 0 Å². The minimum atomic E-state index is -3.59. The summed E-state index contributed by atoms with van der Waals surface area (Å²) in [6.45, 7) is 8.19. The number of carbonyl (C=O) groups is 1. The van der Waals surface area contributed by atoms with Gasteiger partial charge in [0.2, 0.25) is 0 Å². The fourth-order valence-corrected chi connectivity index (χ4v) is 3.82. The summed E-state index contributed by atoms with van der Waals surface area (Å²) in [5.74, 6) is 0.151. The molecule has 0 aliphatic carbocycles. The molecular formula is C25H35NO4S. The topological polar surface area (TPSA) is 63.7 Å². The second kappa shape index (κ2) is 11.9. The van der Waals surface area contributed by atoms with Gasteiger partial charge in [0, 0.05) is 18.2 Å². The quantitative estimate of drug-likeness (QED) is 0.316. The molecule has 0 heterocycles. The van der Waals surface area contributed by atoms with Crippen LogP contribution < -0.4 is 4.18 Å². The third-order valence-corrected chi connectivity index (χ3v) is 6.64. The molecule has 0 bridgehead atoms. The van der Waals surface area contributed by atoms with Gasteiger partial charge in [0.1, 0.15) is 5.75 Å². The molecule has 6 heteroatoms. The molecule has 2 aromatic rings. The maximum absolute atomic E-state index is 13.3. The zero-order valence-corrected chi connectivity index (χ0v) is 20.0. The SMILES string of the molecule is CCCCCc1ccc(C(=O)N(Cc2cccc(OS(=O)(=O)CC)c2)C(C)CC)cc1. The van der Waals surface area contributed by atoms with Crippen molar-refractivity contribution in [3.63, 3.8) is 0 Å². The largest absolute Gasteiger partial charge is 0.382 e. The summed E-state index contributed by atoms with van der Waals surface area (Å²) >= 11 is 0. The molecule has 0 N–H and O–H groups in total. The van der Waals surface area contributed by atoms with E-state index in [1.807, 2.05) is 42.2 Å². The van der Waals surface area contributed by atoms with Crippen LogP contribution in [0.3, 0.4) is 0 Å². The number of hydrogen-bond donors (Lipinski definition) is 0. The van der Waals surface area contributed by atoms with Crippen molar-refractivity contribution in [3.05, 3.63) is 65.2 Å². The van der Waals surface area contributed by atoms with Crippen molar-refractivity contribution < 1.29 is 17.4 Å². The van der Waals surface area contributed by atoms with Gasteiger partial charge in [0.25, 0.3) is 5.91 Å². The highest BCUT2D eigenvalue weighted by Gasteiger charge is 2.21. The van der Waals surface area contributed by atoms with Crippen molar-refractivity contribution in [2.45, 2.75) is 72.4 Å². The summed E-state index contributed by atoms with van der Waals surface area (Å²) in [5.41, 5.74) is 2.75. The van der Waals surface area contributed by atoms with E-state index in [1.54, 1.807) is 18.2 Å². The van der Waals surface area contributed by atoms with Crippen LogP contribution in [0.5, 0.6) is 5.75 Å². The van der Waals surface area contributed by atoms with Crippen LogP contribution in [0.25, 0.3) is 0 Å². The maximum atomic E-state index is 13.3. The number of carbonyl (C=O) groups excluding carboxylic acids is 1. The lowest BCUT2D eigenvalue weighted by atomic mass is 10.0. The highest BCUT2D eigenvalue weighted by molar-refractivity contribution is 7.87. The third-order valence-electron chi connectivity index (χ3n) is 5.48. The number of amides is 1. The Morgan fingerprint density at radius 3 is 2.32 bits per heavy atom. The first-order chi connectivity index (χ1) is 14.8. The van der Waals surface area contributed by atoms with E-state index < -0.39 is 10.1 Å². The van der Waals surface area contributed by atoms with E-state index >= 15 is 0 Å². The van der Waals surface area contributed by atoms with Gasteiger partial charge in [0.15, 0.2) is 0 Å². The number of hydrogen-bond acceptors (Lipinski definition) is 4. The number of unbranched alkanes of at least 4 members (excludes halogenated alkanes) is 2. The van der Waals surface area contributed by atoms with Gasteiger partial charge in [-0.3, -0.25) is 4.79 Å². The molecule has 0 saturated heterocycles. The molecule has 0 fully saturated rings. The Morgan fingerprint density at radius 2 is 1.71 bits per heavy atom. The fraction of sp³-hybridized carbons (Fsp3) is 0.480. The Kier molecular flexibility index (Phi) is 9.56. The summed E-state index contributed by atoms with van der Waals surface area (Å²) in [4.78, 5) is 15.1. The average Bonchev–Trinajstić information content (AvgIpc) is 2.77. The van der Waals surface area contributed by atoms with Crippen LogP contribution in [0.15, 0.2) is 48.5 Å². The van der Waals surface area contributed by atoms with Crippen molar-refractivity contribution in [1.82, 2.24) is 4.90 Å². The van der Waals surface area contributed by atoms with E-state index in [0.29, 0.717) is 12.1 Å². The summed E-state index contributed by atoms with van der Waals surface area (Å²) in [6.07, 6.45) is 5.42. The Hall–Kier alpha value is -2.34. The van der Waals surface area contributed by atoms with Crippen molar-refractivity contribution in [1.29, 1.82) is 0 Å². The van der Waals surface area contributed by atoms with Crippen molar-refractivity contribution in [2.75, 3.05) is 5.75 Å². The lowest BCUT2D eigenvalue weighted by Crippen LogP contribution is -2.37. The molecule has 2 aromatic carbocycles. The molecule has 0 aromatic heterocycles. The smallest absolute Gasteiger partial charge is 0.308 e. The predicted octanol–water partition coefficient (Wildman–Crippen LogP) is 5.59. The predicted molar refractivity (Wildman–Crippen MR) is 126 cm³/mol. The number of nitrogens with zero attached hydrogens (tertiary/aromatic N) is 1. The average molecular weight is 446 g/mol. The third kappa shape index (κ3) is 7.69. The molecule has 0 aliphatic rings. The molecule has 1 atom stereocenters. The van der Waals surface area contributed by atoms with Crippen LogP contribution in [-0.2, 0) is 23.1 Å². The van der Waals surface area contributed by atoms with Crippen molar-refractivity contribution >= 4 is 16.0 Å². The van der Waals surface area contributed by atoms with E-state index in [0.717, 1.165) is 24.8 Å². The van der Waals surface area contributed by atoms with E-state index in [2.05, 4.69) is 13.8 Å². The summed E-state index contributed by atoms with van der Waals surface area (Å²) in [5, 5.41) is 0. The van der Waals surface area contributed by atoms with Crippen molar-refractivity contribution in [3.8, 4) is 5.75 Å². The monoisotopic (exact) mass is 445 g/mol. The van der Waals surface area contributed by atoms with Crippen LogP contribution in [0.4, 0.5) is 0 Å². The first-order valence-electron chi connectivity index (χ1n) is 11.2. The Morgan fingerprint density at radius 1 is 1.00 bits per heavy atom. The summed E-state index contributed by atoms with van der Waals surface area (Å²) in [7, 11) is -3.59. The summed E-state index contributed by atoms with van der Waals surface area (Å²) < 4.78 is 28.7. The van der Waals surface area contributed by atoms with Gasteiger partial charge in [0.05, 0.1) is 5.75 Å². The summed E-state index contributed by atoms with van der Waals surface area (Å²) in [6, 6.07) is 14.9. The molecule has 2 rings (SSSR count). The molecule has 31 heavy (non-hydrogen) atoms. The molecule has 0 radical (unpaired) electrons. The minimum absolute atomic E-state index is 0.0260. The maximum Gasteiger partial charge on any atom is 0.308 e. The molecule has 1 amide bonds. The van der Waals surface area contributed by atoms with E-state index in [1.165, 1.54) is 25.3 Å². The molecule has 0 aliphatic heterocycles. The molecule has 0 spiro atoms. The van der Waals surface area contributed by atoms with Crippen LogP contribution in [0.1, 0.15) is 74.9 Å². The first kappa shape index (κ1) is 24.9. The fourth-order valence-electron chi connectivity index (χ4n) is 3.31. The van der Waals surface area contributed by atoms with Crippen molar-refractivity contribution in [2.24, 2.45) is 0 Å². The molecule has 5 nitrogen and oxygen atoms in total. The van der Waals surface area contributed by atoms with Gasteiger partial charge >= 0.3 is 10.1 Å². The number of benzene rings is 2. The van der Waals surface area contributed by atoms with E-state index in [9.17, 15) is 13.2 Å². The number of rotatable bonds is 12. The lowest BCUT2D eigenvalue weighted by molar-refractivity contribution is 0.0671. The second-order valence-electron chi connectivity index (χ2n) is 7.92. The van der Waals surface area contributed by atoms with E-state index in [-0.39, 0.29) is 23.5 Å². The lowest BCUT2D eigenvalue weighted by Gasteiger charge is -2.29. The molecule has 1 unspecified atom stereocenters. The highest BCUT2D eigenvalue weighted by Crippen LogP contribution is 2.21. The van der Waals surface area contributed by atoms with E-state index in [4.69, 9.17) is 4.18 Å². The second-order valence-corrected chi connectivity index (χ2v) is 9.78. The van der Waals surface area contributed by atoms with Gasteiger partial charge in [-0.2, -0.15) is 8.42 Å². The van der Waals surface area contributed by atoms with Gasteiger partial charge in [-0.05, 0) is 68.5 Å². The zero-order chi connectivity index (χ0) is 22.9. The van der Waals surface area contributed by atoms with Crippen LogP contribution in [0.2, 0.25) is 0 Å². The van der Waals surface area contributed by atoms with Crippen LogP contribution in [-0.4, -0.2) is 31.0 Å². The van der Waals surface area contributed by atoms with Crippen LogP contribution in [0, 0.1) is 0 Å². The molecule has 170 valence electrons. The van der Waals surface area contributed by atoms with Gasteiger partial charge < -0.3 is 9.08 Å². The molecule has 0 saturated carbocycles. The van der Waals surface area contributed by atoms with Gasteiger partial charge in [-0.25, -0.2) is 0 Å². The normalized spacial score (nSPS) is 12.4. The highest BCUT2D eigenvalue weighted by atomic mass is 32.2. The first-order valence-corrected chi connectivity index (χ1v) is 12.8. The Balaban J connectivity index is 2.18. The standard InChI is InChI=1S/C25H35NO4S/c1-5-8-9-11-21-14-16-23(17-15-21)25(27)26(20(4)6-2)19-22-12-10-13-24(18-22)30-31(28,29)7-3/h10,12-18,20H,5-9,11,19H2,1-4H3. The number of aryl methyl sites for hydroxylation is 1. The van der Waals surface area contributed by atoms with Gasteiger partial charge in [-0.1, -0.05) is 51.0 Å². The zero-order valence-electron chi connectivity index (χ0n) is 19.1. The Labute approximate surface area is 187 Å². The molecular weight excluding hydrogens is 410 g/mol. The Bertz CT molecular complexity index is 938.